The number of amidine groups is 1. The molecule has 0 aliphatic carbocycles. The third kappa shape index (κ3) is 4.77. The maximum atomic E-state index is 11.4. The van der Waals surface area contributed by atoms with E-state index in [9.17, 15) is 14.9 Å². The summed E-state index contributed by atoms with van der Waals surface area (Å²) >= 11 is 0. The van der Waals surface area contributed by atoms with Crippen LogP contribution in [0.4, 0.5) is 11.4 Å². The van der Waals surface area contributed by atoms with E-state index in [4.69, 9.17) is 9.73 Å². The van der Waals surface area contributed by atoms with Crippen molar-refractivity contribution in [3.63, 3.8) is 0 Å². The largest absolute Gasteiger partial charge is 0.378 e. The van der Waals surface area contributed by atoms with Crippen LogP contribution in [0.1, 0.15) is 21.5 Å². The fourth-order valence-electron chi connectivity index (χ4n) is 2.92. The van der Waals surface area contributed by atoms with Crippen molar-refractivity contribution in [2.24, 2.45) is 4.99 Å². The summed E-state index contributed by atoms with van der Waals surface area (Å²) in [6.45, 7) is 4.71. The number of morpholine rings is 1. The second-order valence-electron chi connectivity index (χ2n) is 6.41. The number of nitrogens with zero attached hydrogens (tertiary/aromatic N) is 3. The fourth-order valence-corrected chi connectivity index (χ4v) is 2.92. The van der Waals surface area contributed by atoms with Crippen LogP contribution in [-0.4, -0.2) is 48.2 Å². The number of hydrogen-bond acceptors (Lipinski definition) is 5. The molecule has 7 heteroatoms. The van der Waals surface area contributed by atoms with Crippen molar-refractivity contribution in [1.82, 2.24) is 4.90 Å². The Bertz CT molecular complexity index is 856. The van der Waals surface area contributed by atoms with Crippen LogP contribution >= 0.6 is 0 Å². The molecule has 1 aliphatic heterocycles. The molecular weight excluding hydrogens is 346 g/mol. The normalized spacial score (nSPS) is 14.9. The average molecular weight is 367 g/mol. The summed E-state index contributed by atoms with van der Waals surface area (Å²) in [7, 11) is 0. The highest BCUT2D eigenvalue weighted by Crippen LogP contribution is 2.24. The Morgan fingerprint density at radius 3 is 2.56 bits per heavy atom. The predicted molar refractivity (Wildman–Crippen MR) is 103 cm³/mol. The fraction of sp³-hybridized carbons (Fsp3) is 0.300. The Morgan fingerprint density at radius 2 is 1.93 bits per heavy atom. The average Bonchev–Trinajstić information content (AvgIpc) is 2.69. The molecule has 0 unspecified atom stereocenters. The van der Waals surface area contributed by atoms with Crippen molar-refractivity contribution >= 4 is 23.5 Å². The molecule has 27 heavy (non-hydrogen) atoms. The number of aldehydes is 1. The minimum Gasteiger partial charge on any atom is -0.378 e. The van der Waals surface area contributed by atoms with Gasteiger partial charge in [-0.25, -0.2) is 4.99 Å². The molecular formula is C20H21N3O4. The highest BCUT2D eigenvalue weighted by atomic mass is 16.6. The summed E-state index contributed by atoms with van der Waals surface area (Å²) in [5, 5.41) is 11.0. The van der Waals surface area contributed by atoms with E-state index in [0.29, 0.717) is 44.7 Å². The van der Waals surface area contributed by atoms with Crippen molar-refractivity contribution in [3.05, 3.63) is 69.3 Å². The summed E-state index contributed by atoms with van der Waals surface area (Å²) < 4.78 is 5.43. The molecule has 1 fully saturated rings. The van der Waals surface area contributed by atoms with Crippen LogP contribution in [0.3, 0.4) is 0 Å². The molecule has 7 nitrogen and oxygen atoms in total. The maximum absolute atomic E-state index is 11.4. The maximum Gasteiger partial charge on any atom is 0.270 e. The SMILES string of the molecule is Cc1ccc(CC(=Nc2ccc([N+](=O)[O-])cc2C=O)N2CCOCC2)cc1. The number of non-ortho nitro benzene ring substituents is 1. The molecule has 0 aromatic heterocycles. The molecule has 3 rings (SSSR count). The van der Waals surface area contributed by atoms with Gasteiger partial charge in [-0.1, -0.05) is 29.8 Å². The molecule has 0 spiro atoms. The number of nitro benzene ring substituents is 1. The number of aryl methyl sites for hydroxylation is 1. The van der Waals surface area contributed by atoms with Crippen LogP contribution in [0.5, 0.6) is 0 Å². The van der Waals surface area contributed by atoms with Gasteiger partial charge in [-0.05, 0) is 18.6 Å². The first-order chi connectivity index (χ1) is 13.1. The molecule has 140 valence electrons. The Balaban J connectivity index is 1.97. The van der Waals surface area contributed by atoms with Gasteiger partial charge in [-0.3, -0.25) is 14.9 Å². The predicted octanol–water partition coefficient (Wildman–Crippen LogP) is 3.32. The summed E-state index contributed by atoms with van der Waals surface area (Å²) in [6.07, 6.45) is 1.21. The van der Waals surface area contributed by atoms with E-state index in [1.54, 1.807) is 0 Å². The van der Waals surface area contributed by atoms with Gasteiger partial charge in [-0.2, -0.15) is 0 Å². The van der Waals surface area contributed by atoms with Gasteiger partial charge in [0, 0.05) is 37.2 Å². The van der Waals surface area contributed by atoms with Gasteiger partial charge in [-0.15, -0.1) is 0 Å². The van der Waals surface area contributed by atoms with Crippen LogP contribution in [-0.2, 0) is 11.2 Å². The van der Waals surface area contributed by atoms with Crippen LogP contribution in [0.15, 0.2) is 47.5 Å². The van der Waals surface area contributed by atoms with E-state index in [-0.39, 0.29) is 11.3 Å². The molecule has 2 aromatic rings. The summed E-state index contributed by atoms with van der Waals surface area (Å²) in [5.41, 5.74) is 2.81. The number of aliphatic imine (C=N–C) groups is 1. The van der Waals surface area contributed by atoms with Crippen molar-refractivity contribution in [2.75, 3.05) is 26.3 Å². The van der Waals surface area contributed by atoms with E-state index in [1.165, 1.54) is 23.8 Å². The lowest BCUT2D eigenvalue weighted by Crippen LogP contribution is -2.41. The first-order valence-electron chi connectivity index (χ1n) is 8.76. The summed E-state index contributed by atoms with van der Waals surface area (Å²) in [4.78, 5) is 28.7. The molecule has 0 saturated carbocycles. The van der Waals surface area contributed by atoms with Gasteiger partial charge >= 0.3 is 0 Å². The lowest BCUT2D eigenvalue weighted by Gasteiger charge is -2.30. The first kappa shape index (κ1) is 18.7. The van der Waals surface area contributed by atoms with E-state index >= 15 is 0 Å². The van der Waals surface area contributed by atoms with Crippen molar-refractivity contribution in [3.8, 4) is 0 Å². The van der Waals surface area contributed by atoms with E-state index in [0.717, 1.165) is 11.4 Å². The summed E-state index contributed by atoms with van der Waals surface area (Å²) in [5.74, 6) is 0.819. The topological polar surface area (TPSA) is 85.0 Å². The number of ether oxygens (including phenoxy) is 1. The number of carbonyl (C=O) groups excluding carboxylic acids is 1. The first-order valence-corrected chi connectivity index (χ1v) is 8.76. The van der Waals surface area contributed by atoms with Gasteiger partial charge in [0.25, 0.3) is 5.69 Å². The Kier molecular flexibility index (Phi) is 5.93. The molecule has 2 aromatic carbocycles. The second kappa shape index (κ2) is 8.55. The molecule has 1 saturated heterocycles. The molecule has 1 heterocycles. The molecule has 0 atom stereocenters. The zero-order chi connectivity index (χ0) is 19.2. The van der Waals surface area contributed by atoms with Gasteiger partial charge in [0.1, 0.15) is 5.84 Å². The second-order valence-corrected chi connectivity index (χ2v) is 6.41. The number of rotatable bonds is 5. The Morgan fingerprint density at radius 1 is 1.22 bits per heavy atom. The minimum absolute atomic E-state index is 0.123. The van der Waals surface area contributed by atoms with Crippen LogP contribution in [0.2, 0.25) is 0 Å². The highest BCUT2D eigenvalue weighted by Gasteiger charge is 2.17. The third-order valence-corrected chi connectivity index (χ3v) is 4.46. The quantitative estimate of drug-likeness (QED) is 0.266. The molecule has 0 bridgehead atoms. The minimum atomic E-state index is -0.518. The van der Waals surface area contributed by atoms with E-state index in [1.807, 2.05) is 6.92 Å². The number of benzene rings is 2. The van der Waals surface area contributed by atoms with Gasteiger partial charge < -0.3 is 9.64 Å². The Hall–Kier alpha value is -3.06. The molecule has 0 radical (unpaired) electrons. The monoisotopic (exact) mass is 367 g/mol. The number of hydrogen-bond donors (Lipinski definition) is 0. The zero-order valence-corrected chi connectivity index (χ0v) is 15.1. The summed E-state index contributed by atoms with van der Waals surface area (Å²) in [6, 6.07) is 12.4. The van der Waals surface area contributed by atoms with Crippen molar-refractivity contribution in [1.29, 1.82) is 0 Å². The van der Waals surface area contributed by atoms with Gasteiger partial charge in [0.15, 0.2) is 6.29 Å². The molecule has 1 aliphatic rings. The smallest absolute Gasteiger partial charge is 0.270 e. The Labute approximate surface area is 157 Å². The zero-order valence-electron chi connectivity index (χ0n) is 15.1. The van der Waals surface area contributed by atoms with Crippen LogP contribution in [0, 0.1) is 17.0 Å². The van der Waals surface area contributed by atoms with E-state index in [2.05, 4.69) is 29.2 Å². The van der Waals surface area contributed by atoms with Crippen molar-refractivity contribution in [2.45, 2.75) is 13.3 Å². The standard InChI is InChI=1S/C20H21N3O4/c1-15-2-4-16(5-3-15)12-20(22-8-10-27-11-9-22)21-19-7-6-18(23(25)26)13-17(19)14-24/h2-7,13-14H,8-12H2,1H3. The van der Waals surface area contributed by atoms with Gasteiger partial charge in [0.2, 0.25) is 0 Å². The number of nitro groups is 1. The van der Waals surface area contributed by atoms with Crippen LogP contribution in [0.25, 0.3) is 0 Å². The van der Waals surface area contributed by atoms with Crippen LogP contribution < -0.4 is 0 Å². The molecule has 0 amide bonds. The van der Waals surface area contributed by atoms with Crippen molar-refractivity contribution < 1.29 is 14.5 Å². The highest BCUT2D eigenvalue weighted by molar-refractivity contribution is 5.91. The van der Waals surface area contributed by atoms with E-state index < -0.39 is 4.92 Å². The molecule has 0 N–H and O–H groups in total. The lowest BCUT2D eigenvalue weighted by atomic mass is 10.1. The lowest BCUT2D eigenvalue weighted by molar-refractivity contribution is -0.384. The number of carbonyl (C=O) groups is 1. The van der Waals surface area contributed by atoms with Gasteiger partial charge in [0.05, 0.1) is 23.8 Å². The third-order valence-electron chi connectivity index (χ3n) is 4.46.